The van der Waals surface area contributed by atoms with Gasteiger partial charge in [0, 0.05) is 6.54 Å². The fourth-order valence-corrected chi connectivity index (χ4v) is 2.32. The zero-order valence-electron chi connectivity index (χ0n) is 13.0. The Kier molecular flexibility index (Phi) is 4.66. The second-order valence-corrected chi connectivity index (χ2v) is 5.55. The lowest BCUT2D eigenvalue weighted by Gasteiger charge is -2.26. The molecule has 2 N–H and O–H groups in total. The molecule has 0 fully saturated rings. The van der Waals surface area contributed by atoms with Crippen LogP contribution in [0.25, 0.3) is 0 Å². The number of urea groups is 1. The SMILES string of the molecule is Cc1ccc(CNC(=O)NCC2COc3ccccc3O2)cc1. The molecule has 0 aromatic heterocycles. The quantitative estimate of drug-likeness (QED) is 0.912. The highest BCUT2D eigenvalue weighted by atomic mass is 16.6. The normalized spacial score (nSPS) is 15.8. The van der Waals surface area contributed by atoms with E-state index in [2.05, 4.69) is 10.6 Å². The van der Waals surface area contributed by atoms with Crippen LogP contribution < -0.4 is 20.1 Å². The number of ether oxygens (including phenoxy) is 2. The van der Waals surface area contributed by atoms with Gasteiger partial charge in [-0.2, -0.15) is 0 Å². The number of benzene rings is 2. The molecule has 5 heteroatoms. The first kappa shape index (κ1) is 15.2. The minimum absolute atomic E-state index is 0.185. The lowest BCUT2D eigenvalue weighted by molar-refractivity contribution is 0.0918. The number of hydrogen-bond donors (Lipinski definition) is 2. The Balaban J connectivity index is 1.42. The van der Waals surface area contributed by atoms with Gasteiger partial charge in [0.25, 0.3) is 0 Å². The predicted octanol–water partition coefficient (Wildman–Crippen LogP) is 2.63. The van der Waals surface area contributed by atoms with Crippen LogP contribution >= 0.6 is 0 Å². The number of carbonyl (C=O) groups excluding carboxylic acids is 1. The maximum Gasteiger partial charge on any atom is 0.315 e. The maximum absolute atomic E-state index is 11.9. The number of nitrogens with one attached hydrogen (secondary N) is 2. The molecular formula is C18H20N2O3. The van der Waals surface area contributed by atoms with Gasteiger partial charge in [0.1, 0.15) is 6.61 Å². The van der Waals surface area contributed by atoms with Crippen molar-refractivity contribution in [2.45, 2.75) is 19.6 Å². The second kappa shape index (κ2) is 7.05. The summed E-state index contributed by atoms with van der Waals surface area (Å²) in [5.74, 6) is 1.46. The number of aryl methyl sites for hydroxylation is 1. The Labute approximate surface area is 135 Å². The number of hydrogen-bond acceptors (Lipinski definition) is 3. The number of fused-ring (bicyclic) bond motifs is 1. The highest BCUT2D eigenvalue weighted by Gasteiger charge is 2.20. The lowest BCUT2D eigenvalue weighted by atomic mass is 10.1. The first-order valence-corrected chi connectivity index (χ1v) is 7.66. The van der Waals surface area contributed by atoms with E-state index in [-0.39, 0.29) is 12.1 Å². The molecule has 1 unspecified atom stereocenters. The van der Waals surface area contributed by atoms with Gasteiger partial charge in [-0.1, -0.05) is 42.0 Å². The van der Waals surface area contributed by atoms with Crippen molar-refractivity contribution in [1.29, 1.82) is 0 Å². The van der Waals surface area contributed by atoms with Gasteiger partial charge < -0.3 is 20.1 Å². The molecule has 0 saturated carbocycles. The van der Waals surface area contributed by atoms with Crippen LogP contribution in [0.1, 0.15) is 11.1 Å². The van der Waals surface area contributed by atoms with Gasteiger partial charge in [-0.3, -0.25) is 0 Å². The van der Waals surface area contributed by atoms with E-state index >= 15 is 0 Å². The van der Waals surface area contributed by atoms with Crippen molar-refractivity contribution < 1.29 is 14.3 Å². The summed E-state index contributed by atoms with van der Waals surface area (Å²) in [6.07, 6.45) is -0.185. The summed E-state index contributed by atoms with van der Waals surface area (Å²) in [5, 5.41) is 5.64. The fraction of sp³-hybridized carbons (Fsp3) is 0.278. The summed E-state index contributed by atoms with van der Waals surface area (Å²) in [5.41, 5.74) is 2.27. The highest BCUT2D eigenvalue weighted by molar-refractivity contribution is 5.73. The zero-order chi connectivity index (χ0) is 16.1. The Hall–Kier alpha value is -2.69. The van der Waals surface area contributed by atoms with Gasteiger partial charge >= 0.3 is 6.03 Å². The van der Waals surface area contributed by atoms with Crippen LogP contribution in [0, 0.1) is 6.92 Å². The van der Waals surface area contributed by atoms with Crippen molar-refractivity contribution in [3.8, 4) is 11.5 Å². The summed E-state index contributed by atoms with van der Waals surface area (Å²) in [4.78, 5) is 11.9. The molecule has 0 radical (unpaired) electrons. The number of amides is 2. The summed E-state index contributed by atoms with van der Waals surface area (Å²) in [6, 6.07) is 15.4. The molecule has 2 amide bonds. The highest BCUT2D eigenvalue weighted by Crippen LogP contribution is 2.30. The minimum Gasteiger partial charge on any atom is -0.486 e. The molecule has 1 heterocycles. The Morgan fingerprint density at radius 1 is 1.09 bits per heavy atom. The molecular weight excluding hydrogens is 292 g/mol. The third kappa shape index (κ3) is 4.16. The van der Waals surface area contributed by atoms with E-state index in [1.165, 1.54) is 5.56 Å². The molecule has 5 nitrogen and oxygen atoms in total. The molecule has 2 aromatic carbocycles. The minimum atomic E-state index is -0.215. The first-order chi connectivity index (χ1) is 11.2. The first-order valence-electron chi connectivity index (χ1n) is 7.66. The van der Waals surface area contributed by atoms with Crippen LogP contribution in [0.4, 0.5) is 4.79 Å². The molecule has 120 valence electrons. The van der Waals surface area contributed by atoms with E-state index in [0.29, 0.717) is 25.4 Å². The van der Waals surface area contributed by atoms with E-state index in [1.807, 2.05) is 55.5 Å². The lowest BCUT2D eigenvalue weighted by Crippen LogP contribution is -2.44. The van der Waals surface area contributed by atoms with Crippen molar-refractivity contribution in [1.82, 2.24) is 10.6 Å². The average Bonchev–Trinajstić information content (AvgIpc) is 2.59. The molecule has 1 atom stereocenters. The van der Waals surface area contributed by atoms with Crippen molar-refractivity contribution in [2.75, 3.05) is 13.2 Å². The van der Waals surface area contributed by atoms with Crippen LogP contribution in [-0.4, -0.2) is 25.3 Å². The second-order valence-electron chi connectivity index (χ2n) is 5.55. The largest absolute Gasteiger partial charge is 0.486 e. The van der Waals surface area contributed by atoms with Crippen molar-refractivity contribution in [3.63, 3.8) is 0 Å². The van der Waals surface area contributed by atoms with Crippen LogP contribution in [-0.2, 0) is 6.54 Å². The molecule has 0 bridgehead atoms. The van der Waals surface area contributed by atoms with Gasteiger partial charge in [-0.05, 0) is 24.6 Å². The van der Waals surface area contributed by atoms with E-state index in [9.17, 15) is 4.79 Å². The zero-order valence-corrected chi connectivity index (χ0v) is 13.0. The standard InChI is InChI=1S/C18H20N2O3/c1-13-6-8-14(9-7-13)10-19-18(21)20-11-15-12-22-16-4-2-3-5-17(16)23-15/h2-9,15H,10-12H2,1H3,(H2,19,20,21). The molecule has 1 aliphatic rings. The van der Waals surface area contributed by atoms with Gasteiger partial charge in [0.05, 0.1) is 6.54 Å². The molecule has 0 aliphatic carbocycles. The molecule has 2 aromatic rings. The Bertz CT molecular complexity index is 670. The smallest absolute Gasteiger partial charge is 0.315 e. The topological polar surface area (TPSA) is 59.6 Å². The molecule has 0 spiro atoms. The number of carbonyl (C=O) groups is 1. The third-order valence-corrected chi connectivity index (χ3v) is 3.63. The Morgan fingerprint density at radius 3 is 2.61 bits per heavy atom. The summed E-state index contributed by atoms with van der Waals surface area (Å²) in [6.45, 7) is 3.36. The van der Waals surface area contributed by atoms with Crippen LogP contribution in [0.3, 0.4) is 0 Å². The van der Waals surface area contributed by atoms with Gasteiger partial charge in [0.15, 0.2) is 17.6 Å². The fourth-order valence-electron chi connectivity index (χ4n) is 2.32. The number of para-hydroxylation sites is 2. The maximum atomic E-state index is 11.9. The van der Waals surface area contributed by atoms with Gasteiger partial charge in [-0.25, -0.2) is 4.79 Å². The van der Waals surface area contributed by atoms with Crippen LogP contribution in [0.5, 0.6) is 11.5 Å². The van der Waals surface area contributed by atoms with E-state index in [4.69, 9.17) is 9.47 Å². The van der Waals surface area contributed by atoms with Crippen molar-refractivity contribution in [2.24, 2.45) is 0 Å². The van der Waals surface area contributed by atoms with E-state index in [1.54, 1.807) is 0 Å². The summed E-state index contributed by atoms with van der Waals surface area (Å²) in [7, 11) is 0. The van der Waals surface area contributed by atoms with Crippen LogP contribution in [0.15, 0.2) is 48.5 Å². The summed E-state index contributed by atoms with van der Waals surface area (Å²) >= 11 is 0. The van der Waals surface area contributed by atoms with E-state index in [0.717, 1.165) is 11.3 Å². The van der Waals surface area contributed by atoms with E-state index < -0.39 is 0 Å². The summed E-state index contributed by atoms with van der Waals surface area (Å²) < 4.78 is 11.4. The predicted molar refractivity (Wildman–Crippen MR) is 87.8 cm³/mol. The van der Waals surface area contributed by atoms with Crippen molar-refractivity contribution >= 4 is 6.03 Å². The molecule has 3 rings (SSSR count). The van der Waals surface area contributed by atoms with Gasteiger partial charge in [0.2, 0.25) is 0 Å². The van der Waals surface area contributed by atoms with Crippen molar-refractivity contribution in [3.05, 3.63) is 59.7 Å². The monoisotopic (exact) mass is 312 g/mol. The average molecular weight is 312 g/mol. The van der Waals surface area contributed by atoms with Crippen LogP contribution in [0.2, 0.25) is 0 Å². The Morgan fingerprint density at radius 2 is 1.83 bits per heavy atom. The van der Waals surface area contributed by atoms with Gasteiger partial charge in [-0.15, -0.1) is 0 Å². The third-order valence-electron chi connectivity index (χ3n) is 3.63. The number of rotatable bonds is 4. The molecule has 0 saturated heterocycles. The molecule has 23 heavy (non-hydrogen) atoms. The molecule has 1 aliphatic heterocycles.